The number of nitrogens with zero attached hydrogens (tertiary/aromatic N) is 2. The minimum Gasteiger partial charge on any atom is -0.480 e. The van der Waals surface area contributed by atoms with E-state index in [1.165, 1.54) is 7.11 Å². The second-order valence-electron chi connectivity index (χ2n) is 5.90. The van der Waals surface area contributed by atoms with Gasteiger partial charge in [0.2, 0.25) is 5.88 Å². The predicted octanol–water partition coefficient (Wildman–Crippen LogP) is 3.32. The Morgan fingerprint density at radius 2 is 2.26 bits per heavy atom. The van der Waals surface area contributed by atoms with Crippen LogP contribution in [0.5, 0.6) is 5.88 Å². The van der Waals surface area contributed by atoms with Gasteiger partial charge < -0.3 is 15.5 Å². The van der Waals surface area contributed by atoms with Crippen molar-refractivity contribution >= 4 is 34.5 Å². The average Bonchev–Trinajstić information content (AvgIpc) is 2.66. The molecule has 0 atom stereocenters. The van der Waals surface area contributed by atoms with E-state index in [4.69, 9.17) is 21.7 Å². The Bertz CT molecular complexity index is 814. The number of allylic oxidation sites excluding steroid dienone is 4. The van der Waals surface area contributed by atoms with Crippen LogP contribution < -0.4 is 15.5 Å². The number of methoxy groups -OCH3 is 1. The Labute approximate surface area is 164 Å². The van der Waals surface area contributed by atoms with E-state index in [2.05, 4.69) is 20.8 Å². The van der Waals surface area contributed by atoms with Crippen molar-refractivity contribution in [3.63, 3.8) is 0 Å². The van der Waals surface area contributed by atoms with Crippen LogP contribution >= 0.6 is 11.6 Å². The van der Waals surface area contributed by atoms with Gasteiger partial charge in [0, 0.05) is 36.0 Å². The van der Waals surface area contributed by atoms with E-state index in [1.807, 2.05) is 26.0 Å². The smallest absolute Gasteiger partial charge is 0.273 e. The number of carbonyl (C=O) groups is 1. The highest BCUT2D eigenvalue weighted by Gasteiger charge is 2.24. The molecule has 1 aliphatic heterocycles. The van der Waals surface area contributed by atoms with Crippen molar-refractivity contribution in [3.8, 4) is 5.88 Å². The fraction of sp³-hybridized carbons (Fsp3) is 0.368. The van der Waals surface area contributed by atoms with E-state index in [9.17, 15) is 4.79 Å². The molecule has 1 aromatic rings. The first-order valence-corrected chi connectivity index (χ1v) is 9.18. The molecule has 0 saturated carbocycles. The van der Waals surface area contributed by atoms with Gasteiger partial charge in [-0.05, 0) is 18.9 Å². The van der Waals surface area contributed by atoms with E-state index in [1.54, 1.807) is 12.3 Å². The maximum Gasteiger partial charge on any atom is 0.273 e. The summed E-state index contributed by atoms with van der Waals surface area (Å²) in [6, 6.07) is 1.76. The normalized spacial score (nSPS) is 16.0. The lowest BCUT2D eigenvalue weighted by Gasteiger charge is -2.20. The van der Waals surface area contributed by atoms with Crippen LogP contribution in [0.3, 0.4) is 0 Å². The lowest BCUT2D eigenvalue weighted by molar-refractivity contribution is -0.114. The summed E-state index contributed by atoms with van der Waals surface area (Å²) in [5, 5.41) is 15.5. The zero-order valence-electron chi connectivity index (χ0n) is 15.7. The molecule has 1 aromatic heterocycles. The zero-order valence-corrected chi connectivity index (χ0v) is 16.5. The van der Waals surface area contributed by atoms with Crippen LogP contribution in [0.2, 0.25) is 5.02 Å². The van der Waals surface area contributed by atoms with Gasteiger partial charge in [0.1, 0.15) is 5.02 Å². The number of hydrogen-bond donors (Lipinski definition) is 3. The number of hydrogen-bond acceptors (Lipinski definition) is 6. The van der Waals surface area contributed by atoms with E-state index in [0.29, 0.717) is 23.1 Å². The number of hydrazone groups is 1. The molecule has 0 spiro atoms. The van der Waals surface area contributed by atoms with Gasteiger partial charge >= 0.3 is 0 Å². The Balaban J connectivity index is 2.39. The van der Waals surface area contributed by atoms with Crippen molar-refractivity contribution in [1.29, 1.82) is 5.41 Å². The molecule has 8 heteroatoms. The molecule has 27 heavy (non-hydrogen) atoms. The molecule has 0 aromatic carbocycles. The third kappa shape index (κ3) is 5.17. The first-order chi connectivity index (χ1) is 13.0. The highest BCUT2D eigenvalue weighted by Crippen LogP contribution is 2.29. The van der Waals surface area contributed by atoms with Gasteiger partial charge in [-0.25, -0.2) is 4.98 Å². The molecule has 1 aliphatic rings. The molecule has 2 heterocycles. The fourth-order valence-corrected chi connectivity index (χ4v) is 2.73. The number of halogens is 1. The topological polar surface area (TPSA) is 99.5 Å². The van der Waals surface area contributed by atoms with E-state index in [0.717, 1.165) is 24.0 Å². The highest BCUT2D eigenvalue weighted by molar-refractivity contribution is 6.66. The molecule has 2 rings (SSSR count). The van der Waals surface area contributed by atoms with Crippen molar-refractivity contribution in [2.75, 3.05) is 13.7 Å². The van der Waals surface area contributed by atoms with Crippen molar-refractivity contribution in [1.82, 2.24) is 15.7 Å². The van der Waals surface area contributed by atoms with Crippen LogP contribution in [-0.2, 0) is 4.79 Å². The molecule has 0 fully saturated rings. The number of aromatic nitrogens is 1. The van der Waals surface area contributed by atoms with Crippen LogP contribution in [0.15, 0.2) is 35.2 Å². The largest absolute Gasteiger partial charge is 0.480 e. The lowest BCUT2D eigenvalue weighted by Crippen LogP contribution is -2.40. The monoisotopic (exact) mass is 389 g/mol. The predicted molar refractivity (Wildman–Crippen MR) is 108 cm³/mol. The molecule has 3 N–H and O–H groups in total. The molecular formula is C19H24ClN5O2. The summed E-state index contributed by atoms with van der Waals surface area (Å²) in [5.41, 5.74) is 5.49. The van der Waals surface area contributed by atoms with Gasteiger partial charge in [0.05, 0.1) is 12.8 Å². The summed E-state index contributed by atoms with van der Waals surface area (Å²) >= 11 is 6.21. The molecule has 0 unspecified atom stereocenters. The maximum absolute atomic E-state index is 12.1. The molecule has 0 bridgehead atoms. The first-order valence-electron chi connectivity index (χ1n) is 8.81. The van der Waals surface area contributed by atoms with E-state index >= 15 is 0 Å². The second kappa shape index (κ2) is 9.87. The number of amides is 1. The van der Waals surface area contributed by atoms with Gasteiger partial charge in [-0.2, -0.15) is 5.10 Å². The van der Waals surface area contributed by atoms with Gasteiger partial charge in [0.25, 0.3) is 5.91 Å². The van der Waals surface area contributed by atoms with Gasteiger partial charge in [-0.3, -0.25) is 10.2 Å². The van der Waals surface area contributed by atoms with Crippen molar-refractivity contribution < 1.29 is 9.53 Å². The van der Waals surface area contributed by atoms with Crippen LogP contribution in [0, 0.1) is 5.41 Å². The molecule has 0 saturated heterocycles. The molecule has 7 nitrogen and oxygen atoms in total. The van der Waals surface area contributed by atoms with Crippen LogP contribution in [-0.4, -0.2) is 36.0 Å². The highest BCUT2D eigenvalue weighted by atomic mass is 35.5. The summed E-state index contributed by atoms with van der Waals surface area (Å²) in [6.45, 7) is 4.55. The quantitative estimate of drug-likeness (QED) is 0.666. The Kier molecular flexibility index (Phi) is 7.55. The zero-order chi connectivity index (χ0) is 19.8. The maximum atomic E-state index is 12.1. The molecular weight excluding hydrogens is 366 g/mol. The molecule has 0 radical (unpaired) electrons. The standard InChI is InChI=1S/C19H24ClN5O2/c1-4-6-7-13(12-9-14(20)19(27-3)23-11-12)16-10-15(21)17(25-24-16)18(26)22-8-5-2/h6-7,9,11,21,24H,4-5,8,10H2,1-3H3,(H,22,26)/b7-6-,16-13-,21-15?. The minimum absolute atomic E-state index is 0.108. The van der Waals surface area contributed by atoms with Crippen molar-refractivity contribution in [2.24, 2.45) is 5.10 Å². The Morgan fingerprint density at radius 3 is 2.85 bits per heavy atom. The van der Waals surface area contributed by atoms with Gasteiger partial charge in [0.15, 0.2) is 5.71 Å². The van der Waals surface area contributed by atoms with Gasteiger partial charge in [-0.15, -0.1) is 0 Å². The molecule has 0 aliphatic carbocycles. The number of ether oxygens (including phenoxy) is 1. The Hall–Kier alpha value is -2.67. The van der Waals surface area contributed by atoms with E-state index < -0.39 is 0 Å². The summed E-state index contributed by atoms with van der Waals surface area (Å²) in [6.07, 6.45) is 7.52. The Morgan fingerprint density at radius 1 is 1.48 bits per heavy atom. The SMILES string of the molecule is CC/C=C\C(=C1/CC(=N)C(C(=O)NCCC)=NN1)c1cnc(OC)c(Cl)c1. The summed E-state index contributed by atoms with van der Waals surface area (Å²) in [4.78, 5) is 16.3. The lowest BCUT2D eigenvalue weighted by atomic mass is 9.99. The third-order valence-electron chi connectivity index (χ3n) is 3.85. The van der Waals surface area contributed by atoms with Crippen LogP contribution in [0.4, 0.5) is 0 Å². The number of nitrogens with one attached hydrogen (secondary N) is 3. The number of pyridine rings is 1. The number of rotatable bonds is 7. The summed E-state index contributed by atoms with van der Waals surface area (Å²) < 4.78 is 5.10. The minimum atomic E-state index is -0.340. The average molecular weight is 390 g/mol. The van der Waals surface area contributed by atoms with Crippen LogP contribution in [0.25, 0.3) is 5.57 Å². The van der Waals surface area contributed by atoms with Crippen molar-refractivity contribution in [2.45, 2.75) is 33.1 Å². The summed E-state index contributed by atoms with van der Waals surface area (Å²) in [5.74, 6) is 0.00898. The fourth-order valence-electron chi connectivity index (χ4n) is 2.49. The first kappa shape index (κ1) is 20.6. The van der Waals surface area contributed by atoms with Crippen LogP contribution in [0.1, 0.15) is 38.7 Å². The van der Waals surface area contributed by atoms with Crippen molar-refractivity contribution in [3.05, 3.63) is 40.7 Å². The van der Waals surface area contributed by atoms with Gasteiger partial charge in [-0.1, -0.05) is 37.6 Å². The molecule has 144 valence electrons. The summed E-state index contributed by atoms with van der Waals surface area (Å²) in [7, 11) is 1.51. The van der Waals surface area contributed by atoms with E-state index in [-0.39, 0.29) is 23.8 Å². The third-order valence-corrected chi connectivity index (χ3v) is 4.12. The second-order valence-corrected chi connectivity index (χ2v) is 6.31. The molecule has 1 amide bonds. The number of carbonyl (C=O) groups excluding carboxylic acids is 1.